The van der Waals surface area contributed by atoms with Gasteiger partial charge in [0, 0.05) is 29.7 Å². The molecule has 1 aliphatic rings. The number of carbonyl (C=O) groups excluding carboxylic acids is 1. The Labute approximate surface area is 121 Å². The van der Waals surface area contributed by atoms with Crippen molar-refractivity contribution in [3.8, 4) is 5.75 Å². The Balaban J connectivity index is 1.58. The van der Waals surface area contributed by atoms with Crippen molar-refractivity contribution in [1.29, 1.82) is 0 Å². The molecule has 3 rings (SSSR count). The molecule has 4 nitrogen and oxygen atoms in total. The second-order valence-corrected chi connectivity index (χ2v) is 5.80. The van der Waals surface area contributed by atoms with Crippen molar-refractivity contribution in [2.75, 3.05) is 18.9 Å². The van der Waals surface area contributed by atoms with E-state index in [4.69, 9.17) is 10.5 Å². The van der Waals surface area contributed by atoms with Gasteiger partial charge in [0.1, 0.15) is 5.75 Å². The number of anilines is 1. The lowest BCUT2D eigenvalue weighted by atomic mass is 10.1. The summed E-state index contributed by atoms with van der Waals surface area (Å²) in [6, 6.07) is 9.22. The van der Waals surface area contributed by atoms with Gasteiger partial charge in [-0.25, -0.2) is 0 Å². The number of nitrogens with two attached hydrogens (primary N) is 1. The highest BCUT2D eigenvalue weighted by molar-refractivity contribution is 7.10. The Morgan fingerprint density at radius 3 is 3.15 bits per heavy atom. The number of ether oxygens (including phenoxy) is 1. The van der Waals surface area contributed by atoms with E-state index in [1.54, 1.807) is 29.5 Å². The molecule has 1 aromatic heterocycles. The number of benzene rings is 1. The molecule has 2 heterocycles. The average molecular weight is 288 g/mol. The van der Waals surface area contributed by atoms with E-state index in [1.807, 2.05) is 11.0 Å². The van der Waals surface area contributed by atoms with Gasteiger partial charge < -0.3 is 15.4 Å². The highest BCUT2D eigenvalue weighted by atomic mass is 32.1. The molecule has 1 aromatic carbocycles. The van der Waals surface area contributed by atoms with Gasteiger partial charge in [-0.1, -0.05) is 6.07 Å². The number of carbonyl (C=O) groups is 1. The van der Waals surface area contributed by atoms with Gasteiger partial charge >= 0.3 is 0 Å². The average Bonchev–Trinajstić information content (AvgIpc) is 2.92. The van der Waals surface area contributed by atoms with E-state index >= 15 is 0 Å². The Kier molecular flexibility index (Phi) is 3.60. The second kappa shape index (κ2) is 5.54. The fourth-order valence-corrected chi connectivity index (χ4v) is 3.19. The maximum atomic E-state index is 12.2. The maximum absolute atomic E-state index is 12.2. The smallest absolute Gasteiger partial charge is 0.260 e. The third-order valence-corrected chi connectivity index (χ3v) is 4.40. The Bertz CT molecular complexity index is 624. The third kappa shape index (κ3) is 2.77. The van der Waals surface area contributed by atoms with Crippen molar-refractivity contribution in [1.82, 2.24) is 4.90 Å². The lowest BCUT2D eigenvalue weighted by molar-refractivity contribution is -0.134. The van der Waals surface area contributed by atoms with E-state index in [2.05, 4.69) is 11.4 Å². The standard InChI is InChI=1S/C15H16N2O2S/c16-12-2-1-3-13(8-12)19-10-15(18)17-6-4-14-11(9-17)5-7-20-14/h1-3,5,7-8H,4,6,9-10,16H2. The van der Waals surface area contributed by atoms with Crippen molar-refractivity contribution in [3.63, 3.8) is 0 Å². The lowest BCUT2D eigenvalue weighted by Gasteiger charge is -2.27. The molecular formula is C15H16N2O2S. The first kappa shape index (κ1) is 13.0. The van der Waals surface area contributed by atoms with Crippen LogP contribution in [-0.4, -0.2) is 24.0 Å². The number of nitrogen functional groups attached to an aromatic ring is 1. The zero-order valence-electron chi connectivity index (χ0n) is 11.0. The fraction of sp³-hybridized carbons (Fsp3) is 0.267. The lowest BCUT2D eigenvalue weighted by Crippen LogP contribution is -2.38. The molecule has 0 saturated carbocycles. The zero-order chi connectivity index (χ0) is 13.9. The van der Waals surface area contributed by atoms with Crippen molar-refractivity contribution < 1.29 is 9.53 Å². The maximum Gasteiger partial charge on any atom is 0.260 e. The molecule has 0 bridgehead atoms. The first-order chi connectivity index (χ1) is 9.72. The number of rotatable bonds is 3. The largest absolute Gasteiger partial charge is 0.484 e. The minimum atomic E-state index is 0.0178. The monoisotopic (exact) mass is 288 g/mol. The quantitative estimate of drug-likeness (QED) is 0.882. The third-order valence-electron chi connectivity index (χ3n) is 3.38. The van der Waals surface area contributed by atoms with Crippen LogP contribution in [0.15, 0.2) is 35.7 Å². The Morgan fingerprint density at radius 1 is 1.40 bits per heavy atom. The predicted octanol–water partition coefficient (Wildman–Crippen LogP) is 2.29. The topological polar surface area (TPSA) is 55.6 Å². The molecule has 0 spiro atoms. The fourth-order valence-electron chi connectivity index (χ4n) is 2.30. The molecule has 0 unspecified atom stereocenters. The molecule has 20 heavy (non-hydrogen) atoms. The minimum absolute atomic E-state index is 0.0178. The van der Waals surface area contributed by atoms with Gasteiger partial charge in [-0.15, -0.1) is 11.3 Å². The van der Waals surface area contributed by atoms with Crippen molar-refractivity contribution in [2.24, 2.45) is 0 Å². The normalized spacial score (nSPS) is 13.9. The van der Waals surface area contributed by atoms with E-state index in [1.165, 1.54) is 10.4 Å². The second-order valence-electron chi connectivity index (χ2n) is 4.80. The van der Waals surface area contributed by atoms with Crippen LogP contribution in [0.2, 0.25) is 0 Å². The van der Waals surface area contributed by atoms with Crippen molar-refractivity contribution >= 4 is 22.9 Å². The van der Waals surface area contributed by atoms with Gasteiger partial charge in [-0.2, -0.15) is 0 Å². The molecule has 2 aromatic rings. The van der Waals surface area contributed by atoms with Crippen LogP contribution >= 0.6 is 11.3 Å². The summed E-state index contributed by atoms with van der Waals surface area (Å²) in [5.74, 6) is 0.649. The Morgan fingerprint density at radius 2 is 2.30 bits per heavy atom. The molecule has 0 atom stereocenters. The van der Waals surface area contributed by atoms with Crippen LogP contribution in [0.3, 0.4) is 0 Å². The molecular weight excluding hydrogens is 272 g/mol. The van der Waals surface area contributed by atoms with Crippen molar-refractivity contribution in [2.45, 2.75) is 13.0 Å². The summed E-state index contributed by atoms with van der Waals surface area (Å²) >= 11 is 1.77. The summed E-state index contributed by atoms with van der Waals surface area (Å²) in [5.41, 5.74) is 7.57. The van der Waals surface area contributed by atoms with E-state index < -0.39 is 0 Å². The van der Waals surface area contributed by atoms with E-state index in [0.717, 1.165) is 13.0 Å². The highest BCUT2D eigenvalue weighted by Gasteiger charge is 2.21. The van der Waals surface area contributed by atoms with Crippen LogP contribution in [0.1, 0.15) is 10.4 Å². The van der Waals surface area contributed by atoms with Crippen LogP contribution in [0.25, 0.3) is 0 Å². The van der Waals surface area contributed by atoms with Crippen LogP contribution in [0.4, 0.5) is 5.69 Å². The molecule has 5 heteroatoms. The SMILES string of the molecule is Nc1cccc(OCC(=O)N2CCc3sccc3C2)c1. The first-order valence-corrected chi connectivity index (χ1v) is 7.42. The predicted molar refractivity (Wildman–Crippen MR) is 79.8 cm³/mol. The van der Waals surface area contributed by atoms with Gasteiger partial charge in [0.05, 0.1) is 0 Å². The van der Waals surface area contributed by atoms with Crippen LogP contribution in [0.5, 0.6) is 5.75 Å². The molecule has 0 radical (unpaired) electrons. The number of amides is 1. The summed E-state index contributed by atoms with van der Waals surface area (Å²) in [6.45, 7) is 1.52. The van der Waals surface area contributed by atoms with E-state index in [-0.39, 0.29) is 12.5 Å². The van der Waals surface area contributed by atoms with E-state index in [0.29, 0.717) is 18.0 Å². The zero-order valence-corrected chi connectivity index (χ0v) is 11.9. The molecule has 0 fully saturated rings. The number of nitrogens with zero attached hydrogens (tertiary/aromatic N) is 1. The van der Waals surface area contributed by atoms with Crippen LogP contribution < -0.4 is 10.5 Å². The summed E-state index contributed by atoms with van der Waals surface area (Å²) in [7, 11) is 0. The number of hydrogen-bond acceptors (Lipinski definition) is 4. The molecule has 104 valence electrons. The van der Waals surface area contributed by atoms with E-state index in [9.17, 15) is 4.79 Å². The molecule has 1 aliphatic heterocycles. The van der Waals surface area contributed by atoms with Gasteiger partial charge in [0.15, 0.2) is 6.61 Å². The Hall–Kier alpha value is -2.01. The van der Waals surface area contributed by atoms with Crippen molar-refractivity contribution in [3.05, 3.63) is 46.2 Å². The van der Waals surface area contributed by atoms with Gasteiger partial charge in [0.2, 0.25) is 0 Å². The highest BCUT2D eigenvalue weighted by Crippen LogP contribution is 2.24. The van der Waals surface area contributed by atoms with Crippen LogP contribution in [0, 0.1) is 0 Å². The van der Waals surface area contributed by atoms with Gasteiger partial charge in [0.25, 0.3) is 5.91 Å². The summed E-state index contributed by atoms with van der Waals surface area (Å²) < 4.78 is 5.50. The number of hydrogen-bond donors (Lipinski definition) is 1. The molecule has 1 amide bonds. The summed E-state index contributed by atoms with van der Waals surface area (Å²) in [5, 5.41) is 2.09. The number of thiophene rings is 1. The molecule has 2 N–H and O–H groups in total. The van der Waals surface area contributed by atoms with Gasteiger partial charge in [-0.05, 0) is 35.6 Å². The minimum Gasteiger partial charge on any atom is -0.484 e. The summed E-state index contributed by atoms with van der Waals surface area (Å²) in [6.07, 6.45) is 0.941. The number of fused-ring (bicyclic) bond motifs is 1. The first-order valence-electron chi connectivity index (χ1n) is 6.54. The van der Waals surface area contributed by atoms with Gasteiger partial charge in [-0.3, -0.25) is 4.79 Å². The molecule has 0 saturated heterocycles. The van der Waals surface area contributed by atoms with Crippen LogP contribution in [-0.2, 0) is 17.8 Å². The summed E-state index contributed by atoms with van der Waals surface area (Å²) in [4.78, 5) is 15.4. The molecule has 0 aliphatic carbocycles.